The van der Waals surface area contributed by atoms with Crippen LogP contribution < -0.4 is 30.2 Å². The average molecular weight is 667 g/mol. The fourth-order valence-electron chi connectivity index (χ4n) is 4.03. The molecule has 0 atom stereocenters. The van der Waals surface area contributed by atoms with E-state index in [1.54, 1.807) is 84.9 Å². The van der Waals surface area contributed by atoms with Crippen molar-refractivity contribution in [3.63, 3.8) is 0 Å². The Morgan fingerprint density at radius 2 is 1.44 bits per heavy atom. The summed E-state index contributed by atoms with van der Waals surface area (Å²) in [5.41, 5.74) is 1.71. The number of methoxy groups -OCH3 is 3. The number of carbonyl (C=O) groups is 3. The molecule has 0 unspecified atom stereocenters. The standard InChI is InChI=1S/C33H29Cl2N3O6S/c1-42-27-18-29(44-3)28(43-2)17-21(27)16-26(38-32(40)20-8-5-4-6-9-20)33(41)36-22-12-14-23(15-13-22)45-19-30(39)37-25-11-7-10-24(34)31(25)35/h4-18H,19H2,1-3H3,(H,36,41)(H,37,39)(H,38,40)/b26-16-. The van der Waals surface area contributed by atoms with Gasteiger partial charge in [0.25, 0.3) is 11.8 Å². The number of hydrogen-bond donors (Lipinski definition) is 3. The van der Waals surface area contributed by atoms with Gasteiger partial charge in [-0.2, -0.15) is 0 Å². The number of carbonyl (C=O) groups excluding carboxylic acids is 3. The van der Waals surface area contributed by atoms with Crippen LogP contribution >= 0.6 is 35.0 Å². The first-order chi connectivity index (χ1) is 21.7. The van der Waals surface area contributed by atoms with Gasteiger partial charge in [-0.3, -0.25) is 14.4 Å². The Balaban J connectivity index is 1.50. The lowest BCUT2D eigenvalue weighted by Gasteiger charge is -2.15. The maximum absolute atomic E-state index is 13.5. The maximum atomic E-state index is 13.5. The summed E-state index contributed by atoms with van der Waals surface area (Å²) < 4.78 is 16.3. The molecule has 0 saturated heterocycles. The summed E-state index contributed by atoms with van der Waals surface area (Å²) in [7, 11) is 4.48. The van der Waals surface area contributed by atoms with E-state index in [2.05, 4.69) is 16.0 Å². The predicted octanol–water partition coefficient (Wildman–Crippen LogP) is 7.16. The monoisotopic (exact) mass is 665 g/mol. The molecule has 4 rings (SSSR count). The van der Waals surface area contributed by atoms with Crippen molar-refractivity contribution in [1.29, 1.82) is 0 Å². The van der Waals surface area contributed by atoms with Crippen LogP contribution in [0, 0.1) is 0 Å². The number of ether oxygens (including phenoxy) is 3. The van der Waals surface area contributed by atoms with Crippen LogP contribution in [0.5, 0.6) is 17.2 Å². The lowest BCUT2D eigenvalue weighted by atomic mass is 10.1. The average Bonchev–Trinajstić information content (AvgIpc) is 3.06. The van der Waals surface area contributed by atoms with Crippen molar-refractivity contribution in [1.82, 2.24) is 5.32 Å². The Kier molecular flexibility index (Phi) is 11.7. The van der Waals surface area contributed by atoms with E-state index < -0.39 is 11.8 Å². The zero-order valence-electron chi connectivity index (χ0n) is 24.5. The molecule has 12 heteroatoms. The molecule has 0 aromatic heterocycles. The van der Waals surface area contributed by atoms with Gasteiger partial charge in [-0.15, -0.1) is 11.8 Å². The number of rotatable bonds is 12. The number of thioether (sulfide) groups is 1. The van der Waals surface area contributed by atoms with Gasteiger partial charge in [-0.1, -0.05) is 47.5 Å². The van der Waals surface area contributed by atoms with E-state index >= 15 is 0 Å². The van der Waals surface area contributed by atoms with Gasteiger partial charge in [-0.05, 0) is 60.7 Å². The molecule has 9 nitrogen and oxygen atoms in total. The molecule has 0 saturated carbocycles. The molecule has 3 amide bonds. The second kappa shape index (κ2) is 15.9. The highest BCUT2D eigenvalue weighted by atomic mass is 35.5. The van der Waals surface area contributed by atoms with Crippen LogP contribution in [0.25, 0.3) is 6.08 Å². The van der Waals surface area contributed by atoms with Gasteiger partial charge in [0.2, 0.25) is 5.91 Å². The van der Waals surface area contributed by atoms with Crippen molar-refractivity contribution in [3.05, 3.63) is 112 Å². The summed E-state index contributed by atoms with van der Waals surface area (Å²) >= 11 is 13.5. The highest BCUT2D eigenvalue weighted by molar-refractivity contribution is 8.00. The van der Waals surface area contributed by atoms with Gasteiger partial charge in [0.05, 0.1) is 42.8 Å². The van der Waals surface area contributed by atoms with Crippen LogP contribution in [0.15, 0.2) is 95.5 Å². The van der Waals surface area contributed by atoms with Crippen LogP contribution in [0.1, 0.15) is 15.9 Å². The van der Waals surface area contributed by atoms with Gasteiger partial charge in [-0.25, -0.2) is 0 Å². The first-order valence-corrected chi connectivity index (χ1v) is 15.1. The van der Waals surface area contributed by atoms with Crippen LogP contribution in [0.3, 0.4) is 0 Å². The van der Waals surface area contributed by atoms with E-state index in [0.717, 1.165) is 4.90 Å². The Bertz CT molecular complexity index is 1720. The number of amides is 3. The van der Waals surface area contributed by atoms with Crippen molar-refractivity contribution >= 4 is 70.1 Å². The lowest BCUT2D eigenvalue weighted by molar-refractivity contribution is -0.114. The smallest absolute Gasteiger partial charge is 0.272 e. The molecule has 232 valence electrons. The van der Waals surface area contributed by atoms with Crippen LogP contribution in [0.2, 0.25) is 10.0 Å². The third-order valence-corrected chi connectivity index (χ3v) is 8.10. The molecular formula is C33H29Cl2N3O6S. The summed E-state index contributed by atoms with van der Waals surface area (Å²) in [5.74, 6) is 0.0756. The second-order valence-electron chi connectivity index (χ2n) is 9.24. The van der Waals surface area contributed by atoms with Crippen LogP contribution in [-0.2, 0) is 9.59 Å². The van der Waals surface area contributed by atoms with E-state index in [9.17, 15) is 14.4 Å². The Morgan fingerprint density at radius 3 is 2.11 bits per heavy atom. The van der Waals surface area contributed by atoms with E-state index in [1.807, 2.05) is 0 Å². The quantitative estimate of drug-likeness (QED) is 0.109. The molecule has 0 bridgehead atoms. The molecular weight excluding hydrogens is 637 g/mol. The topological polar surface area (TPSA) is 115 Å². The molecule has 0 aliphatic carbocycles. The Morgan fingerprint density at radius 1 is 0.778 bits per heavy atom. The largest absolute Gasteiger partial charge is 0.496 e. The minimum Gasteiger partial charge on any atom is -0.496 e. The SMILES string of the molecule is COc1cc(OC)c(OC)cc1/C=C(\NC(=O)c1ccccc1)C(=O)Nc1ccc(SCC(=O)Nc2cccc(Cl)c2Cl)cc1. The number of benzene rings is 4. The highest BCUT2D eigenvalue weighted by Crippen LogP contribution is 2.36. The molecule has 0 fully saturated rings. The van der Waals surface area contributed by atoms with Crippen molar-refractivity contribution in [3.8, 4) is 17.2 Å². The van der Waals surface area contributed by atoms with Crippen molar-refractivity contribution in [2.75, 3.05) is 37.7 Å². The second-order valence-corrected chi connectivity index (χ2v) is 11.1. The molecule has 0 aliphatic heterocycles. The minimum absolute atomic E-state index is 0.0378. The Labute approximate surface area is 274 Å². The maximum Gasteiger partial charge on any atom is 0.272 e. The Hall–Kier alpha value is -4.64. The number of halogens is 2. The molecule has 4 aromatic rings. The molecule has 0 radical (unpaired) electrons. The first-order valence-electron chi connectivity index (χ1n) is 13.4. The van der Waals surface area contributed by atoms with E-state index in [0.29, 0.717) is 44.8 Å². The van der Waals surface area contributed by atoms with Crippen molar-refractivity contribution < 1.29 is 28.6 Å². The van der Waals surface area contributed by atoms with Crippen molar-refractivity contribution in [2.24, 2.45) is 0 Å². The van der Waals surface area contributed by atoms with E-state index in [-0.39, 0.29) is 22.4 Å². The van der Waals surface area contributed by atoms with Gasteiger partial charge < -0.3 is 30.2 Å². The lowest BCUT2D eigenvalue weighted by Crippen LogP contribution is -2.30. The molecule has 45 heavy (non-hydrogen) atoms. The highest BCUT2D eigenvalue weighted by Gasteiger charge is 2.18. The van der Waals surface area contributed by atoms with E-state index in [1.165, 1.54) is 39.2 Å². The normalized spacial score (nSPS) is 10.9. The molecule has 0 spiro atoms. The number of hydrogen-bond acceptors (Lipinski definition) is 7. The summed E-state index contributed by atoms with van der Waals surface area (Å²) in [6.45, 7) is 0. The summed E-state index contributed by atoms with van der Waals surface area (Å²) in [6.07, 6.45) is 1.49. The van der Waals surface area contributed by atoms with Gasteiger partial charge >= 0.3 is 0 Å². The molecule has 3 N–H and O–H groups in total. The summed E-state index contributed by atoms with van der Waals surface area (Å²) in [6, 6.07) is 23.7. The van der Waals surface area contributed by atoms with Crippen LogP contribution in [-0.4, -0.2) is 44.8 Å². The number of anilines is 2. The minimum atomic E-state index is -0.575. The fraction of sp³-hybridized carbons (Fsp3) is 0.121. The van der Waals surface area contributed by atoms with Crippen LogP contribution in [0.4, 0.5) is 11.4 Å². The third-order valence-electron chi connectivity index (χ3n) is 6.27. The third kappa shape index (κ3) is 8.95. The van der Waals surface area contributed by atoms with Crippen molar-refractivity contribution in [2.45, 2.75) is 4.90 Å². The molecule has 0 heterocycles. The zero-order chi connectivity index (χ0) is 32.3. The summed E-state index contributed by atoms with van der Waals surface area (Å²) in [4.78, 5) is 39.8. The van der Waals surface area contributed by atoms with Gasteiger partial charge in [0.1, 0.15) is 11.4 Å². The summed E-state index contributed by atoms with van der Waals surface area (Å²) in [5, 5.41) is 8.88. The molecule has 0 aliphatic rings. The zero-order valence-corrected chi connectivity index (χ0v) is 26.8. The van der Waals surface area contributed by atoms with E-state index in [4.69, 9.17) is 37.4 Å². The first kappa shape index (κ1) is 33.3. The predicted molar refractivity (Wildman–Crippen MR) is 179 cm³/mol. The molecule has 4 aromatic carbocycles. The fourth-order valence-corrected chi connectivity index (χ4v) is 5.08. The van der Waals surface area contributed by atoms with Gasteiger partial charge in [0, 0.05) is 27.8 Å². The number of nitrogens with one attached hydrogen (secondary N) is 3. The van der Waals surface area contributed by atoms with Gasteiger partial charge in [0.15, 0.2) is 11.5 Å².